The van der Waals surface area contributed by atoms with Crippen molar-refractivity contribution in [1.29, 1.82) is 0 Å². The molecule has 0 spiro atoms. The number of carbonyl (C=O) groups is 1. The summed E-state index contributed by atoms with van der Waals surface area (Å²) in [5.74, 6) is 1.08. The lowest BCUT2D eigenvalue weighted by molar-refractivity contribution is -0.134. The molecule has 2 fully saturated rings. The maximum Gasteiger partial charge on any atom is 0.236 e. The number of piperazine rings is 1. The van der Waals surface area contributed by atoms with Gasteiger partial charge in [-0.2, -0.15) is 0 Å². The topological polar surface area (TPSA) is 62.0 Å². The summed E-state index contributed by atoms with van der Waals surface area (Å²) in [5.41, 5.74) is 10.6. The predicted octanol–water partition coefficient (Wildman–Crippen LogP) is 3.09. The number of hydrogen-bond acceptors (Lipinski definition) is 5. The number of benzene rings is 2. The van der Waals surface area contributed by atoms with Crippen LogP contribution in [0.3, 0.4) is 0 Å². The molecule has 6 heteroatoms. The molecule has 0 unspecified atom stereocenters. The van der Waals surface area contributed by atoms with E-state index in [1.54, 1.807) is 0 Å². The number of carbonyl (C=O) groups excluding carboxylic acids is 1. The average molecular weight is 449 g/mol. The molecule has 2 N–H and O–H groups in total. The van der Waals surface area contributed by atoms with E-state index < -0.39 is 0 Å². The Labute approximate surface area is 197 Å². The Balaban J connectivity index is 1.16. The molecule has 1 saturated heterocycles. The van der Waals surface area contributed by atoms with Crippen LogP contribution in [0.4, 0.5) is 0 Å². The number of hydrogen-bond donors (Lipinski definition) is 1. The Hall–Kier alpha value is -2.41. The predicted molar refractivity (Wildman–Crippen MR) is 131 cm³/mol. The fourth-order valence-corrected chi connectivity index (χ4v) is 5.68. The van der Waals surface area contributed by atoms with E-state index in [9.17, 15) is 4.79 Å². The number of fused-ring (bicyclic) bond motifs is 1. The van der Waals surface area contributed by atoms with Crippen molar-refractivity contribution >= 4 is 5.91 Å². The molecule has 2 aromatic carbocycles. The van der Waals surface area contributed by atoms with Gasteiger partial charge in [-0.3, -0.25) is 20.3 Å². The first-order valence-corrected chi connectivity index (χ1v) is 12.5. The first-order chi connectivity index (χ1) is 16.2. The van der Waals surface area contributed by atoms with Gasteiger partial charge in [0.25, 0.3) is 0 Å². The van der Waals surface area contributed by atoms with Crippen molar-refractivity contribution < 1.29 is 9.53 Å². The molecule has 1 saturated carbocycles. The van der Waals surface area contributed by atoms with Gasteiger partial charge in [0.05, 0.1) is 6.54 Å². The first kappa shape index (κ1) is 22.4. The summed E-state index contributed by atoms with van der Waals surface area (Å²) >= 11 is 0. The highest BCUT2D eigenvalue weighted by molar-refractivity contribution is 5.78. The molecule has 2 aliphatic heterocycles. The highest BCUT2D eigenvalue weighted by Crippen LogP contribution is 2.29. The molecule has 1 amide bonds. The van der Waals surface area contributed by atoms with E-state index in [4.69, 9.17) is 10.5 Å². The second-order valence-corrected chi connectivity index (χ2v) is 9.64. The van der Waals surface area contributed by atoms with Crippen molar-refractivity contribution in [2.24, 2.45) is 5.73 Å². The lowest BCUT2D eigenvalue weighted by Gasteiger charge is -2.39. The van der Waals surface area contributed by atoms with Crippen molar-refractivity contribution in [2.75, 3.05) is 46.0 Å². The minimum Gasteiger partial charge on any atom is -0.479 e. The molecule has 176 valence electrons. The van der Waals surface area contributed by atoms with Crippen LogP contribution in [0.1, 0.15) is 36.8 Å². The lowest BCUT2D eigenvalue weighted by atomic mass is 9.94. The van der Waals surface area contributed by atoms with Crippen molar-refractivity contribution in [1.82, 2.24) is 14.7 Å². The van der Waals surface area contributed by atoms with Crippen LogP contribution in [0.15, 0.2) is 42.5 Å². The van der Waals surface area contributed by atoms with Crippen LogP contribution >= 0.6 is 0 Å². The van der Waals surface area contributed by atoms with E-state index in [-0.39, 0.29) is 12.6 Å². The smallest absolute Gasteiger partial charge is 0.236 e. The molecule has 1 aliphatic carbocycles. The molecule has 33 heavy (non-hydrogen) atoms. The Morgan fingerprint density at radius 2 is 1.73 bits per heavy atom. The van der Waals surface area contributed by atoms with Crippen molar-refractivity contribution in [3.8, 4) is 16.9 Å². The summed E-state index contributed by atoms with van der Waals surface area (Å²) in [5, 5.41) is 0. The van der Waals surface area contributed by atoms with Crippen LogP contribution in [0.25, 0.3) is 11.1 Å². The van der Waals surface area contributed by atoms with Crippen molar-refractivity contribution in [2.45, 2.75) is 44.7 Å². The first-order valence-electron chi connectivity index (χ1n) is 12.5. The molecule has 5 rings (SSSR count). The second-order valence-electron chi connectivity index (χ2n) is 9.64. The fourth-order valence-electron chi connectivity index (χ4n) is 5.68. The third kappa shape index (κ3) is 5.24. The van der Waals surface area contributed by atoms with Crippen LogP contribution in [0, 0.1) is 0 Å². The standard InChI is InChI=1S/C27H36N4O2/c28-20-33-26-7-3-4-21(17-26)22-8-9-24-18-29(11-10-23(24)16-22)19-27(32)31-14-12-30(13-15-31)25-5-1-2-6-25/h3-4,7-9,16-17,25H,1-2,5-6,10-15,18-20,28H2. The van der Waals surface area contributed by atoms with Crippen LogP contribution < -0.4 is 10.5 Å². The van der Waals surface area contributed by atoms with Gasteiger partial charge >= 0.3 is 0 Å². The average Bonchev–Trinajstić information content (AvgIpc) is 3.39. The minimum absolute atomic E-state index is 0.179. The Kier molecular flexibility index (Phi) is 6.95. The van der Waals surface area contributed by atoms with Gasteiger partial charge in [0.2, 0.25) is 5.91 Å². The zero-order chi connectivity index (χ0) is 22.6. The zero-order valence-corrected chi connectivity index (χ0v) is 19.5. The molecule has 0 aromatic heterocycles. The number of nitrogens with zero attached hydrogens (tertiary/aromatic N) is 3. The van der Waals surface area contributed by atoms with Crippen LogP contribution in [-0.2, 0) is 17.8 Å². The van der Waals surface area contributed by atoms with Gasteiger partial charge in [-0.25, -0.2) is 0 Å². The summed E-state index contributed by atoms with van der Waals surface area (Å²) in [6, 6.07) is 15.5. The highest BCUT2D eigenvalue weighted by atomic mass is 16.5. The largest absolute Gasteiger partial charge is 0.479 e. The van der Waals surface area contributed by atoms with E-state index in [1.165, 1.54) is 42.4 Å². The van der Waals surface area contributed by atoms with Crippen molar-refractivity contribution in [3.05, 3.63) is 53.6 Å². The number of rotatable bonds is 6. The molecule has 3 aliphatic rings. The molecular weight excluding hydrogens is 412 g/mol. The van der Waals surface area contributed by atoms with Gasteiger partial charge < -0.3 is 9.64 Å². The molecule has 0 atom stereocenters. The summed E-state index contributed by atoms with van der Waals surface area (Å²) in [6.45, 7) is 6.34. The van der Waals surface area contributed by atoms with Crippen LogP contribution in [0.5, 0.6) is 5.75 Å². The molecule has 0 radical (unpaired) electrons. The van der Waals surface area contributed by atoms with E-state index >= 15 is 0 Å². The van der Waals surface area contributed by atoms with Crippen LogP contribution in [0.2, 0.25) is 0 Å². The highest BCUT2D eigenvalue weighted by Gasteiger charge is 2.29. The van der Waals surface area contributed by atoms with E-state index in [1.807, 2.05) is 18.2 Å². The van der Waals surface area contributed by atoms with Gasteiger partial charge in [-0.1, -0.05) is 43.2 Å². The molecule has 2 aromatic rings. The van der Waals surface area contributed by atoms with E-state index in [0.717, 1.165) is 63.0 Å². The summed E-state index contributed by atoms with van der Waals surface area (Å²) in [7, 11) is 0. The Bertz CT molecular complexity index is 964. The normalized spacial score (nSPS) is 20.1. The quantitative estimate of drug-likeness (QED) is 0.688. The minimum atomic E-state index is 0.179. The number of amides is 1. The maximum atomic E-state index is 13.0. The zero-order valence-electron chi connectivity index (χ0n) is 19.5. The fraction of sp³-hybridized carbons (Fsp3) is 0.519. The van der Waals surface area contributed by atoms with Gasteiger partial charge in [0, 0.05) is 45.3 Å². The third-order valence-corrected chi connectivity index (χ3v) is 7.58. The molecule has 0 bridgehead atoms. The third-order valence-electron chi connectivity index (χ3n) is 7.58. The SMILES string of the molecule is NCOc1cccc(-c2ccc3c(c2)CCN(CC(=O)N2CCN(C4CCCC4)CC2)C3)c1. The molecular formula is C27H36N4O2. The summed E-state index contributed by atoms with van der Waals surface area (Å²) < 4.78 is 5.45. The Morgan fingerprint density at radius 3 is 2.52 bits per heavy atom. The lowest BCUT2D eigenvalue weighted by Crippen LogP contribution is -2.53. The molecule has 6 nitrogen and oxygen atoms in total. The number of ether oxygens (including phenoxy) is 1. The molecule has 2 heterocycles. The van der Waals surface area contributed by atoms with Crippen LogP contribution in [-0.4, -0.2) is 72.6 Å². The number of nitrogens with two attached hydrogens (primary N) is 1. The van der Waals surface area contributed by atoms with E-state index in [2.05, 4.69) is 39.0 Å². The van der Waals surface area contributed by atoms with Crippen molar-refractivity contribution in [3.63, 3.8) is 0 Å². The van der Waals surface area contributed by atoms with Gasteiger partial charge in [-0.05, 0) is 53.6 Å². The maximum absolute atomic E-state index is 13.0. The summed E-state index contributed by atoms with van der Waals surface area (Å²) in [6.07, 6.45) is 6.41. The second kappa shape index (κ2) is 10.2. The monoisotopic (exact) mass is 448 g/mol. The van der Waals surface area contributed by atoms with Gasteiger partial charge in [0.1, 0.15) is 12.5 Å². The summed E-state index contributed by atoms with van der Waals surface area (Å²) in [4.78, 5) is 20.0. The van der Waals surface area contributed by atoms with Gasteiger partial charge in [0.15, 0.2) is 0 Å². The van der Waals surface area contributed by atoms with Gasteiger partial charge in [-0.15, -0.1) is 0 Å². The van der Waals surface area contributed by atoms with E-state index in [0.29, 0.717) is 6.54 Å². The Morgan fingerprint density at radius 1 is 0.939 bits per heavy atom.